The smallest absolute Gasteiger partial charge is 0.331 e. The lowest BCUT2D eigenvalue weighted by Crippen LogP contribution is -2.29. The van der Waals surface area contributed by atoms with Gasteiger partial charge in [-0.1, -0.05) is 32.0 Å². The summed E-state index contributed by atoms with van der Waals surface area (Å²) >= 11 is 0. The molecule has 0 spiro atoms. The van der Waals surface area contributed by atoms with Crippen LogP contribution in [0.15, 0.2) is 66.7 Å². The minimum absolute atomic E-state index is 0.217. The Labute approximate surface area is 339 Å². The van der Waals surface area contributed by atoms with Crippen LogP contribution in [0.4, 0.5) is 0 Å². The Bertz CT molecular complexity index is 1660. The number of hydrogen-bond acceptors (Lipinski definition) is 12. The maximum atomic E-state index is 12.3. The van der Waals surface area contributed by atoms with Gasteiger partial charge in [-0.3, -0.25) is 4.90 Å². The van der Waals surface area contributed by atoms with Gasteiger partial charge in [0.2, 0.25) is 0 Å². The van der Waals surface area contributed by atoms with Crippen molar-refractivity contribution in [3.63, 3.8) is 0 Å². The number of benzene rings is 3. The standard InChI is InChI=1S/C45H64N2O10/c1-9-25-55-28-24-47(33-36-14-17-40(51-5)41(30-36)52-6)22-11-27-57-45(49)19-18-44(48)56-26-10-21-46(3)23-20-37-31-42(53-7)43(54-8)32-39(37)34(2)29-35-12-15-38(50-4)16-13-35/h12-19,30-32,34H,9-11,20-29,33H2,1-8H3/b19-18-/t34-/m1/s1. The summed E-state index contributed by atoms with van der Waals surface area (Å²) in [6.45, 7) is 9.71. The average molecular weight is 793 g/mol. The number of carbonyl (C=O) groups is 2. The van der Waals surface area contributed by atoms with Crippen molar-refractivity contribution in [2.24, 2.45) is 0 Å². The highest BCUT2D eigenvalue weighted by Gasteiger charge is 2.18. The van der Waals surface area contributed by atoms with Gasteiger partial charge in [-0.05, 0) is 104 Å². The molecule has 0 amide bonds. The van der Waals surface area contributed by atoms with Gasteiger partial charge in [0.1, 0.15) is 5.75 Å². The molecule has 0 radical (unpaired) electrons. The summed E-state index contributed by atoms with van der Waals surface area (Å²) in [6, 6.07) is 18.2. The minimum atomic E-state index is -0.586. The largest absolute Gasteiger partial charge is 0.497 e. The first-order valence-corrected chi connectivity index (χ1v) is 19.7. The van der Waals surface area contributed by atoms with Crippen molar-refractivity contribution in [2.75, 3.05) is 95.2 Å². The number of ether oxygens (including phenoxy) is 8. The Morgan fingerprint density at radius 2 is 1.25 bits per heavy atom. The number of carbonyl (C=O) groups excluding carboxylic acids is 2. The molecule has 0 aromatic heterocycles. The molecular weight excluding hydrogens is 728 g/mol. The summed E-state index contributed by atoms with van der Waals surface area (Å²) in [5.74, 6) is 2.69. The summed E-state index contributed by atoms with van der Waals surface area (Å²) in [5.41, 5.74) is 4.72. The Kier molecular flexibility index (Phi) is 21.4. The maximum absolute atomic E-state index is 12.3. The van der Waals surface area contributed by atoms with Gasteiger partial charge in [-0.15, -0.1) is 0 Å². The van der Waals surface area contributed by atoms with E-state index in [1.54, 1.807) is 35.5 Å². The molecule has 1 atom stereocenters. The first-order valence-electron chi connectivity index (χ1n) is 19.7. The lowest BCUT2D eigenvalue weighted by Gasteiger charge is -2.23. The molecule has 314 valence electrons. The van der Waals surface area contributed by atoms with Crippen molar-refractivity contribution in [3.05, 3.63) is 89.0 Å². The van der Waals surface area contributed by atoms with Crippen molar-refractivity contribution in [3.8, 4) is 28.7 Å². The van der Waals surface area contributed by atoms with E-state index in [2.05, 4.69) is 55.0 Å². The van der Waals surface area contributed by atoms with Crippen LogP contribution in [-0.2, 0) is 43.2 Å². The van der Waals surface area contributed by atoms with Crippen LogP contribution in [0.2, 0.25) is 0 Å². The van der Waals surface area contributed by atoms with E-state index < -0.39 is 11.9 Å². The van der Waals surface area contributed by atoms with Crippen LogP contribution in [-0.4, -0.2) is 117 Å². The lowest BCUT2D eigenvalue weighted by atomic mass is 9.88. The summed E-state index contributed by atoms with van der Waals surface area (Å²) in [5, 5.41) is 0. The first kappa shape index (κ1) is 46.6. The number of methoxy groups -OCH3 is 5. The van der Waals surface area contributed by atoms with Gasteiger partial charge in [0.15, 0.2) is 23.0 Å². The highest BCUT2D eigenvalue weighted by Crippen LogP contribution is 2.36. The normalized spacial score (nSPS) is 11.8. The Hall–Kier alpha value is -4.78. The summed E-state index contributed by atoms with van der Waals surface area (Å²) in [4.78, 5) is 29.1. The fraction of sp³-hybridized carbons (Fsp3) is 0.511. The van der Waals surface area contributed by atoms with Gasteiger partial charge in [-0.25, -0.2) is 9.59 Å². The molecule has 0 aliphatic carbocycles. The molecule has 0 aliphatic rings. The molecule has 3 rings (SSSR count). The highest BCUT2D eigenvalue weighted by molar-refractivity contribution is 5.91. The van der Waals surface area contributed by atoms with Crippen molar-refractivity contribution in [1.29, 1.82) is 0 Å². The number of likely N-dealkylation sites (N-methyl/N-ethyl adjacent to an activating group) is 1. The van der Waals surface area contributed by atoms with Gasteiger partial charge in [-0.2, -0.15) is 0 Å². The molecule has 0 heterocycles. The maximum Gasteiger partial charge on any atom is 0.331 e. The molecule has 0 aliphatic heterocycles. The van der Waals surface area contributed by atoms with Crippen LogP contribution in [0.25, 0.3) is 0 Å². The van der Waals surface area contributed by atoms with E-state index in [-0.39, 0.29) is 19.1 Å². The van der Waals surface area contributed by atoms with E-state index in [1.165, 1.54) is 16.7 Å². The van der Waals surface area contributed by atoms with E-state index in [9.17, 15) is 9.59 Å². The second-order valence-corrected chi connectivity index (χ2v) is 13.9. The predicted octanol–water partition coefficient (Wildman–Crippen LogP) is 6.90. The van der Waals surface area contributed by atoms with Gasteiger partial charge < -0.3 is 42.8 Å². The Balaban J connectivity index is 1.40. The topological polar surface area (TPSA) is 114 Å². The van der Waals surface area contributed by atoms with Crippen LogP contribution in [0.3, 0.4) is 0 Å². The van der Waals surface area contributed by atoms with Crippen LogP contribution in [0, 0.1) is 0 Å². The third kappa shape index (κ3) is 16.7. The summed E-state index contributed by atoms with van der Waals surface area (Å²) < 4.78 is 43.8. The van der Waals surface area contributed by atoms with E-state index in [0.29, 0.717) is 62.1 Å². The average Bonchev–Trinajstić information content (AvgIpc) is 3.23. The molecule has 3 aromatic rings. The fourth-order valence-corrected chi connectivity index (χ4v) is 6.41. The van der Waals surface area contributed by atoms with Crippen LogP contribution < -0.4 is 23.7 Å². The Morgan fingerprint density at radius 1 is 0.649 bits per heavy atom. The molecule has 57 heavy (non-hydrogen) atoms. The third-order valence-electron chi connectivity index (χ3n) is 9.54. The molecule has 0 bridgehead atoms. The molecule has 0 saturated carbocycles. The molecule has 12 heteroatoms. The molecule has 0 fully saturated rings. The fourth-order valence-electron chi connectivity index (χ4n) is 6.41. The molecule has 0 saturated heterocycles. The van der Waals surface area contributed by atoms with E-state index in [1.807, 2.05) is 30.3 Å². The predicted molar refractivity (Wildman–Crippen MR) is 222 cm³/mol. The van der Waals surface area contributed by atoms with Crippen LogP contribution in [0.5, 0.6) is 28.7 Å². The molecule has 0 N–H and O–H groups in total. The van der Waals surface area contributed by atoms with E-state index in [4.69, 9.17) is 37.9 Å². The van der Waals surface area contributed by atoms with Crippen LogP contribution in [0.1, 0.15) is 61.3 Å². The van der Waals surface area contributed by atoms with E-state index in [0.717, 1.165) is 62.4 Å². The molecule has 3 aromatic carbocycles. The van der Waals surface area contributed by atoms with Gasteiger partial charge >= 0.3 is 11.9 Å². The second kappa shape index (κ2) is 26.2. The lowest BCUT2D eigenvalue weighted by molar-refractivity contribution is -0.140. The highest BCUT2D eigenvalue weighted by atomic mass is 16.5. The number of rotatable bonds is 28. The number of hydrogen-bond donors (Lipinski definition) is 0. The zero-order valence-corrected chi connectivity index (χ0v) is 35.3. The van der Waals surface area contributed by atoms with E-state index >= 15 is 0 Å². The number of esters is 2. The summed E-state index contributed by atoms with van der Waals surface area (Å²) in [7, 11) is 10.3. The zero-order valence-electron chi connectivity index (χ0n) is 35.3. The quantitative estimate of drug-likeness (QED) is 0.0433. The van der Waals surface area contributed by atoms with Crippen molar-refractivity contribution in [1.82, 2.24) is 9.80 Å². The zero-order chi connectivity index (χ0) is 41.4. The molecular formula is C45H64N2O10. The van der Waals surface area contributed by atoms with Gasteiger partial charge in [0, 0.05) is 51.5 Å². The minimum Gasteiger partial charge on any atom is -0.497 e. The third-order valence-corrected chi connectivity index (χ3v) is 9.54. The monoisotopic (exact) mass is 792 g/mol. The van der Waals surface area contributed by atoms with Crippen molar-refractivity contribution >= 4 is 11.9 Å². The van der Waals surface area contributed by atoms with Crippen molar-refractivity contribution < 1.29 is 47.5 Å². The molecule has 0 unspecified atom stereocenters. The summed E-state index contributed by atoms with van der Waals surface area (Å²) in [6.07, 6.45) is 6.15. The van der Waals surface area contributed by atoms with Gasteiger partial charge in [0.25, 0.3) is 0 Å². The van der Waals surface area contributed by atoms with Gasteiger partial charge in [0.05, 0.1) is 55.4 Å². The SMILES string of the molecule is CCCOCCN(CCCOC(=O)/C=C\C(=O)OCCCN(C)CCc1cc(OC)c(OC)cc1[C@H](C)Cc1ccc(OC)cc1)Cc1ccc(OC)c(OC)c1. The first-order chi connectivity index (χ1) is 27.6. The van der Waals surface area contributed by atoms with Crippen molar-refractivity contribution in [2.45, 2.75) is 58.4 Å². The second-order valence-electron chi connectivity index (χ2n) is 13.9. The Morgan fingerprint density at radius 3 is 1.86 bits per heavy atom. The number of nitrogens with zero attached hydrogens (tertiary/aromatic N) is 2. The molecule has 12 nitrogen and oxygen atoms in total. The van der Waals surface area contributed by atoms with Crippen LogP contribution >= 0.6 is 0 Å².